The molecule has 0 atom stereocenters. The number of Topliss-reactive ketones (excluding diaryl/α,β-unsaturated/α-hetero) is 1. The number of carbonyl (C=O) groups excluding carboxylic acids is 1. The van der Waals surface area contributed by atoms with Gasteiger partial charge >= 0.3 is 0 Å². The van der Waals surface area contributed by atoms with Gasteiger partial charge in [0, 0.05) is 10.9 Å². The standard InChI is InChI=1S/C16H13NO3S/c1-20-14-5-3-2-4-11(14)13(18)10-17-8-6-15-12(16(17)19)7-9-21-15/h2-9H,10H2,1H3. The number of benzene rings is 1. The summed E-state index contributed by atoms with van der Waals surface area (Å²) in [5.74, 6) is 0.372. The van der Waals surface area contributed by atoms with Crippen molar-refractivity contribution < 1.29 is 9.53 Å². The van der Waals surface area contributed by atoms with Crippen molar-refractivity contribution in [2.24, 2.45) is 0 Å². The van der Waals surface area contributed by atoms with E-state index in [0.717, 1.165) is 4.70 Å². The summed E-state index contributed by atoms with van der Waals surface area (Å²) in [4.78, 5) is 24.7. The van der Waals surface area contributed by atoms with E-state index in [4.69, 9.17) is 4.74 Å². The zero-order chi connectivity index (χ0) is 14.8. The van der Waals surface area contributed by atoms with E-state index >= 15 is 0 Å². The Bertz CT molecular complexity index is 863. The van der Waals surface area contributed by atoms with E-state index in [2.05, 4.69) is 0 Å². The predicted octanol–water partition coefficient (Wildman–Crippen LogP) is 2.95. The lowest BCUT2D eigenvalue weighted by Crippen LogP contribution is -2.23. The number of pyridine rings is 1. The number of carbonyl (C=O) groups is 1. The lowest BCUT2D eigenvalue weighted by Gasteiger charge is -2.08. The zero-order valence-electron chi connectivity index (χ0n) is 11.4. The van der Waals surface area contributed by atoms with E-state index in [1.54, 1.807) is 36.5 Å². The van der Waals surface area contributed by atoms with E-state index < -0.39 is 0 Å². The monoisotopic (exact) mass is 299 g/mol. The van der Waals surface area contributed by atoms with E-state index in [0.29, 0.717) is 16.7 Å². The summed E-state index contributed by atoms with van der Waals surface area (Å²) < 4.78 is 7.55. The van der Waals surface area contributed by atoms with Gasteiger partial charge in [0.15, 0.2) is 5.78 Å². The molecule has 2 aromatic heterocycles. The van der Waals surface area contributed by atoms with Crippen LogP contribution < -0.4 is 10.3 Å². The lowest BCUT2D eigenvalue weighted by atomic mass is 10.1. The summed E-state index contributed by atoms with van der Waals surface area (Å²) in [7, 11) is 1.52. The molecule has 0 N–H and O–H groups in total. The normalized spacial score (nSPS) is 10.7. The first-order chi connectivity index (χ1) is 10.2. The largest absolute Gasteiger partial charge is 0.496 e. The highest BCUT2D eigenvalue weighted by Crippen LogP contribution is 2.19. The summed E-state index contributed by atoms with van der Waals surface area (Å²) in [6.07, 6.45) is 1.66. The quantitative estimate of drug-likeness (QED) is 0.696. The molecule has 0 aliphatic heterocycles. The Balaban J connectivity index is 1.96. The third kappa shape index (κ3) is 2.48. The van der Waals surface area contributed by atoms with Gasteiger partial charge in [-0.1, -0.05) is 12.1 Å². The van der Waals surface area contributed by atoms with E-state index in [1.807, 2.05) is 11.4 Å². The molecule has 0 aliphatic rings. The molecule has 1 aromatic carbocycles. The van der Waals surface area contributed by atoms with Crippen molar-refractivity contribution in [2.45, 2.75) is 6.54 Å². The summed E-state index contributed by atoms with van der Waals surface area (Å²) in [6, 6.07) is 10.7. The van der Waals surface area contributed by atoms with E-state index in [1.165, 1.54) is 23.0 Å². The first-order valence-corrected chi connectivity index (χ1v) is 7.31. The molecule has 0 radical (unpaired) electrons. The molecule has 21 heavy (non-hydrogen) atoms. The predicted molar refractivity (Wildman–Crippen MR) is 83.4 cm³/mol. The van der Waals surface area contributed by atoms with Gasteiger partial charge < -0.3 is 9.30 Å². The second-order valence-corrected chi connectivity index (χ2v) is 5.52. The van der Waals surface area contributed by atoms with Crippen LogP contribution in [0.25, 0.3) is 10.1 Å². The molecule has 0 saturated heterocycles. The van der Waals surface area contributed by atoms with Crippen molar-refractivity contribution in [3.63, 3.8) is 0 Å². The van der Waals surface area contributed by atoms with Crippen molar-refractivity contribution in [1.82, 2.24) is 4.57 Å². The number of ketones is 1. The van der Waals surface area contributed by atoms with Crippen LogP contribution in [-0.4, -0.2) is 17.5 Å². The number of rotatable bonds is 4. The first-order valence-electron chi connectivity index (χ1n) is 6.43. The molecule has 0 spiro atoms. The minimum Gasteiger partial charge on any atom is -0.496 e. The lowest BCUT2D eigenvalue weighted by molar-refractivity contribution is 0.0968. The SMILES string of the molecule is COc1ccccc1C(=O)Cn1ccc2sccc2c1=O. The number of hydrogen-bond donors (Lipinski definition) is 0. The molecular weight excluding hydrogens is 286 g/mol. The maximum atomic E-state index is 12.4. The average molecular weight is 299 g/mol. The van der Waals surface area contributed by atoms with Gasteiger partial charge in [-0.05, 0) is 29.6 Å². The highest BCUT2D eigenvalue weighted by Gasteiger charge is 2.13. The average Bonchev–Trinajstić information content (AvgIpc) is 2.99. The van der Waals surface area contributed by atoms with Crippen LogP contribution in [-0.2, 0) is 6.54 Å². The van der Waals surface area contributed by atoms with E-state index in [9.17, 15) is 9.59 Å². The molecule has 0 saturated carbocycles. The number of ether oxygens (including phenoxy) is 1. The number of hydrogen-bond acceptors (Lipinski definition) is 4. The third-order valence-electron chi connectivity index (χ3n) is 3.31. The number of nitrogens with zero attached hydrogens (tertiary/aromatic N) is 1. The minimum atomic E-state index is -0.149. The molecule has 0 aliphatic carbocycles. The van der Waals surface area contributed by atoms with Gasteiger partial charge in [0.1, 0.15) is 5.75 Å². The Morgan fingerprint density at radius 2 is 2.05 bits per heavy atom. The fraction of sp³-hybridized carbons (Fsp3) is 0.125. The maximum Gasteiger partial charge on any atom is 0.259 e. The summed E-state index contributed by atoms with van der Waals surface area (Å²) >= 11 is 1.51. The van der Waals surface area contributed by atoms with Gasteiger partial charge in [-0.25, -0.2) is 0 Å². The van der Waals surface area contributed by atoms with Gasteiger partial charge in [0.05, 0.1) is 24.6 Å². The Morgan fingerprint density at radius 1 is 1.24 bits per heavy atom. The van der Waals surface area contributed by atoms with Crippen LogP contribution in [0.15, 0.2) is 52.8 Å². The molecular formula is C16H13NO3S. The van der Waals surface area contributed by atoms with Crippen LogP contribution in [0.2, 0.25) is 0 Å². The molecule has 4 nitrogen and oxygen atoms in total. The molecule has 0 amide bonds. The molecule has 3 aromatic rings. The van der Waals surface area contributed by atoms with Crippen molar-refractivity contribution in [3.8, 4) is 5.75 Å². The molecule has 0 unspecified atom stereocenters. The molecule has 0 fully saturated rings. The second-order valence-electron chi connectivity index (χ2n) is 4.57. The van der Waals surface area contributed by atoms with Crippen LogP contribution in [0.1, 0.15) is 10.4 Å². The fourth-order valence-electron chi connectivity index (χ4n) is 2.25. The smallest absolute Gasteiger partial charge is 0.259 e. The van der Waals surface area contributed by atoms with Crippen LogP contribution in [0.3, 0.4) is 0 Å². The minimum absolute atomic E-state index is 0.00495. The second kappa shape index (κ2) is 5.54. The van der Waals surface area contributed by atoms with Gasteiger partial charge in [-0.3, -0.25) is 9.59 Å². The topological polar surface area (TPSA) is 48.3 Å². The van der Waals surface area contributed by atoms with Crippen molar-refractivity contribution >= 4 is 27.2 Å². The number of thiophene rings is 1. The summed E-state index contributed by atoms with van der Waals surface area (Å²) in [6.45, 7) is 0.00495. The highest BCUT2D eigenvalue weighted by atomic mass is 32.1. The molecule has 0 bridgehead atoms. The Hall–Kier alpha value is -2.40. The van der Waals surface area contributed by atoms with Crippen LogP contribution in [0.4, 0.5) is 0 Å². The molecule has 3 rings (SSSR count). The Morgan fingerprint density at radius 3 is 2.86 bits per heavy atom. The number of methoxy groups -OCH3 is 1. The van der Waals surface area contributed by atoms with Gasteiger partial charge in [0.2, 0.25) is 0 Å². The van der Waals surface area contributed by atoms with Gasteiger partial charge in [-0.15, -0.1) is 11.3 Å². The van der Waals surface area contributed by atoms with Crippen molar-refractivity contribution in [2.75, 3.05) is 7.11 Å². The molecule has 106 valence electrons. The summed E-state index contributed by atoms with van der Waals surface area (Å²) in [5, 5.41) is 2.52. The molecule has 5 heteroatoms. The van der Waals surface area contributed by atoms with Crippen LogP contribution >= 0.6 is 11.3 Å². The van der Waals surface area contributed by atoms with Crippen LogP contribution in [0, 0.1) is 0 Å². The number of para-hydroxylation sites is 1. The number of fused-ring (bicyclic) bond motifs is 1. The third-order valence-corrected chi connectivity index (χ3v) is 4.20. The number of aromatic nitrogens is 1. The van der Waals surface area contributed by atoms with Gasteiger partial charge in [0.25, 0.3) is 5.56 Å². The zero-order valence-corrected chi connectivity index (χ0v) is 12.2. The maximum absolute atomic E-state index is 12.4. The summed E-state index contributed by atoms with van der Waals surface area (Å²) in [5.41, 5.74) is 0.342. The van der Waals surface area contributed by atoms with Crippen molar-refractivity contribution in [3.05, 3.63) is 63.9 Å². The van der Waals surface area contributed by atoms with Gasteiger partial charge in [-0.2, -0.15) is 0 Å². The van der Waals surface area contributed by atoms with E-state index in [-0.39, 0.29) is 17.9 Å². The first kappa shape index (κ1) is 13.6. The van der Waals surface area contributed by atoms with Crippen molar-refractivity contribution in [1.29, 1.82) is 0 Å². The fourth-order valence-corrected chi connectivity index (χ4v) is 3.02. The highest BCUT2D eigenvalue weighted by molar-refractivity contribution is 7.17. The Labute approximate surface area is 125 Å². The molecule has 2 heterocycles. The van der Waals surface area contributed by atoms with Crippen LogP contribution in [0.5, 0.6) is 5.75 Å². The Kier molecular flexibility index (Phi) is 3.58.